The van der Waals surface area contributed by atoms with Crippen LogP contribution in [0.1, 0.15) is 27.7 Å². The van der Waals surface area contributed by atoms with Crippen LogP contribution in [-0.2, 0) is 4.74 Å². The number of alkyl carbamates (subject to hydrolysis) is 1. The fourth-order valence-electron chi connectivity index (χ4n) is 0.607. The Bertz CT molecular complexity index is 166. The van der Waals surface area contributed by atoms with Crippen LogP contribution in [0.25, 0.3) is 0 Å². The number of nitrogens with one attached hydrogen (secondary N) is 1. The van der Waals surface area contributed by atoms with Crippen LogP contribution in [0.15, 0.2) is 0 Å². The monoisotopic (exact) mass is 189 g/mol. The Kier molecular flexibility index (Phi) is 4.77. The minimum Gasteiger partial charge on any atom is -0.441 e. The molecule has 0 spiro atoms. The van der Waals surface area contributed by atoms with Gasteiger partial charge in [-0.3, -0.25) is 0 Å². The zero-order chi connectivity index (χ0) is 10.5. The van der Waals surface area contributed by atoms with Gasteiger partial charge >= 0.3 is 6.09 Å². The van der Waals surface area contributed by atoms with Crippen LogP contribution < -0.4 is 5.32 Å². The lowest BCUT2D eigenvalue weighted by Gasteiger charge is -2.22. The molecule has 1 amide bonds. The largest absolute Gasteiger partial charge is 0.441 e. The van der Waals surface area contributed by atoms with Crippen LogP contribution in [-0.4, -0.2) is 30.0 Å². The van der Waals surface area contributed by atoms with Crippen molar-refractivity contribution < 1.29 is 14.6 Å². The number of amides is 1. The second kappa shape index (κ2) is 5.07. The molecule has 0 saturated heterocycles. The fraction of sp³-hybridized carbons (Fsp3) is 0.889. The predicted octanol–water partition coefficient (Wildman–Crippen LogP) is 1.14. The van der Waals surface area contributed by atoms with Gasteiger partial charge in [-0.25, -0.2) is 4.79 Å². The van der Waals surface area contributed by atoms with Crippen molar-refractivity contribution >= 4 is 6.09 Å². The Morgan fingerprint density at radius 1 is 1.54 bits per heavy atom. The minimum absolute atomic E-state index is 0.178. The number of carbonyl (C=O) groups is 1. The standard InChI is InChI=1S/C9H19NO3/c1-7(2)5-10-8(12)13-9(3,4)6-11/h7,11H,5-6H2,1-4H3,(H,10,12). The van der Waals surface area contributed by atoms with E-state index >= 15 is 0 Å². The number of aliphatic hydroxyl groups excluding tert-OH is 1. The third-order valence-corrected chi connectivity index (χ3v) is 1.40. The summed E-state index contributed by atoms with van der Waals surface area (Å²) in [5.41, 5.74) is -0.805. The second-order valence-electron chi connectivity index (χ2n) is 4.08. The quantitative estimate of drug-likeness (QED) is 0.697. The normalized spacial score (nSPS) is 11.5. The number of hydrogen-bond donors (Lipinski definition) is 2. The molecule has 0 aromatic rings. The average molecular weight is 189 g/mol. The van der Waals surface area contributed by atoms with Crippen LogP contribution >= 0.6 is 0 Å². The SMILES string of the molecule is CC(C)CNC(=O)OC(C)(C)CO. The molecule has 0 aromatic heterocycles. The van der Waals surface area contributed by atoms with Crippen LogP contribution in [0.3, 0.4) is 0 Å². The number of aliphatic hydroxyl groups is 1. The van der Waals surface area contributed by atoms with Crippen molar-refractivity contribution in [3.05, 3.63) is 0 Å². The first-order chi connectivity index (χ1) is 5.87. The van der Waals surface area contributed by atoms with Gasteiger partial charge in [-0.2, -0.15) is 0 Å². The smallest absolute Gasteiger partial charge is 0.407 e. The van der Waals surface area contributed by atoms with Crippen molar-refractivity contribution in [3.8, 4) is 0 Å². The summed E-state index contributed by atoms with van der Waals surface area (Å²) in [6.07, 6.45) is -0.479. The first-order valence-corrected chi connectivity index (χ1v) is 4.45. The first kappa shape index (κ1) is 12.2. The summed E-state index contributed by atoms with van der Waals surface area (Å²) < 4.78 is 4.94. The molecule has 0 aliphatic carbocycles. The minimum atomic E-state index is -0.805. The van der Waals surface area contributed by atoms with Crippen LogP contribution in [0.2, 0.25) is 0 Å². The molecule has 78 valence electrons. The Balaban J connectivity index is 3.74. The Hall–Kier alpha value is -0.770. The summed E-state index contributed by atoms with van der Waals surface area (Å²) in [6, 6.07) is 0. The van der Waals surface area contributed by atoms with E-state index in [1.54, 1.807) is 13.8 Å². The predicted molar refractivity (Wildman–Crippen MR) is 50.5 cm³/mol. The van der Waals surface area contributed by atoms with E-state index in [2.05, 4.69) is 5.32 Å². The van der Waals surface area contributed by atoms with E-state index in [1.165, 1.54) is 0 Å². The molecule has 2 N–H and O–H groups in total. The van der Waals surface area contributed by atoms with Gasteiger partial charge in [-0.05, 0) is 19.8 Å². The summed E-state index contributed by atoms with van der Waals surface area (Å²) >= 11 is 0. The third kappa shape index (κ3) is 6.40. The first-order valence-electron chi connectivity index (χ1n) is 4.45. The highest BCUT2D eigenvalue weighted by Crippen LogP contribution is 2.07. The number of carbonyl (C=O) groups excluding carboxylic acids is 1. The molecule has 0 unspecified atom stereocenters. The molecule has 0 saturated carbocycles. The summed E-state index contributed by atoms with van der Waals surface area (Å²) in [5, 5.41) is 11.4. The van der Waals surface area contributed by atoms with E-state index < -0.39 is 11.7 Å². The Labute approximate surface area is 79.3 Å². The molecule has 0 radical (unpaired) electrons. The molecule has 0 bridgehead atoms. The van der Waals surface area contributed by atoms with Crippen molar-refractivity contribution in [3.63, 3.8) is 0 Å². The fourth-order valence-corrected chi connectivity index (χ4v) is 0.607. The molecule has 0 aromatic carbocycles. The number of hydrogen-bond acceptors (Lipinski definition) is 3. The molecule has 0 aliphatic rings. The molecule has 4 heteroatoms. The summed E-state index contributed by atoms with van der Waals surface area (Å²) in [4.78, 5) is 11.1. The highest BCUT2D eigenvalue weighted by Gasteiger charge is 2.21. The Morgan fingerprint density at radius 3 is 2.46 bits per heavy atom. The third-order valence-electron chi connectivity index (χ3n) is 1.40. The highest BCUT2D eigenvalue weighted by molar-refractivity contribution is 5.67. The van der Waals surface area contributed by atoms with Crippen LogP contribution in [0, 0.1) is 5.92 Å². The van der Waals surface area contributed by atoms with Crippen molar-refractivity contribution in [2.24, 2.45) is 5.92 Å². The number of ether oxygens (including phenoxy) is 1. The van der Waals surface area contributed by atoms with E-state index in [0.717, 1.165) is 0 Å². The molecular weight excluding hydrogens is 170 g/mol. The molecule has 4 nitrogen and oxygen atoms in total. The van der Waals surface area contributed by atoms with Crippen molar-refractivity contribution in [2.45, 2.75) is 33.3 Å². The van der Waals surface area contributed by atoms with E-state index in [9.17, 15) is 4.79 Å². The summed E-state index contributed by atoms with van der Waals surface area (Å²) in [5.74, 6) is 0.393. The second-order valence-corrected chi connectivity index (χ2v) is 4.08. The van der Waals surface area contributed by atoms with E-state index in [0.29, 0.717) is 12.5 Å². The van der Waals surface area contributed by atoms with Gasteiger partial charge in [-0.15, -0.1) is 0 Å². The van der Waals surface area contributed by atoms with Gasteiger partial charge in [0.05, 0.1) is 6.61 Å². The van der Waals surface area contributed by atoms with Crippen LogP contribution in [0.4, 0.5) is 4.79 Å². The summed E-state index contributed by atoms with van der Waals surface area (Å²) in [6.45, 7) is 7.71. The molecule has 0 rings (SSSR count). The summed E-state index contributed by atoms with van der Waals surface area (Å²) in [7, 11) is 0. The van der Waals surface area contributed by atoms with Gasteiger partial charge in [0.15, 0.2) is 0 Å². The van der Waals surface area contributed by atoms with Gasteiger partial charge in [0.2, 0.25) is 0 Å². The zero-order valence-electron chi connectivity index (χ0n) is 8.76. The lowest BCUT2D eigenvalue weighted by Crippen LogP contribution is -2.38. The molecule has 0 heterocycles. The van der Waals surface area contributed by atoms with Gasteiger partial charge in [0.1, 0.15) is 5.60 Å². The lowest BCUT2D eigenvalue weighted by molar-refractivity contribution is -0.00360. The lowest BCUT2D eigenvalue weighted by atomic mass is 10.2. The van der Waals surface area contributed by atoms with E-state index in [4.69, 9.17) is 9.84 Å². The molecule has 0 fully saturated rings. The van der Waals surface area contributed by atoms with Gasteiger partial charge in [0, 0.05) is 6.54 Å². The van der Waals surface area contributed by atoms with E-state index in [-0.39, 0.29) is 6.61 Å². The Morgan fingerprint density at radius 2 is 2.08 bits per heavy atom. The van der Waals surface area contributed by atoms with Crippen LogP contribution in [0.5, 0.6) is 0 Å². The maximum absolute atomic E-state index is 11.1. The molecule has 13 heavy (non-hydrogen) atoms. The maximum atomic E-state index is 11.1. The van der Waals surface area contributed by atoms with Crippen molar-refractivity contribution in [1.82, 2.24) is 5.32 Å². The van der Waals surface area contributed by atoms with Gasteiger partial charge in [-0.1, -0.05) is 13.8 Å². The zero-order valence-corrected chi connectivity index (χ0v) is 8.76. The highest BCUT2D eigenvalue weighted by atomic mass is 16.6. The average Bonchev–Trinajstić information content (AvgIpc) is 2.00. The maximum Gasteiger partial charge on any atom is 0.407 e. The van der Waals surface area contributed by atoms with Crippen molar-refractivity contribution in [2.75, 3.05) is 13.2 Å². The van der Waals surface area contributed by atoms with Crippen molar-refractivity contribution in [1.29, 1.82) is 0 Å². The molecular formula is C9H19NO3. The van der Waals surface area contributed by atoms with Gasteiger partial charge in [0.25, 0.3) is 0 Å². The topological polar surface area (TPSA) is 58.6 Å². The number of rotatable bonds is 4. The molecule has 0 aliphatic heterocycles. The van der Waals surface area contributed by atoms with E-state index in [1.807, 2.05) is 13.8 Å². The molecule has 0 atom stereocenters. The van der Waals surface area contributed by atoms with Gasteiger partial charge < -0.3 is 15.2 Å².